The molecule has 0 spiro atoms. The van der Waals surface area contributed by atoms with Crippen LogP contribution in [0.5, 0.6) is 5.75 Å². The first-order valence-electron chi connectivity index (χ1n) is 7.81. The molecule has 0 aliphatic carbocycles. The Hall–Kier alpha value is -2.75. The minimum atomic E-state index is -0.184. The van der Waals surface area contributed by atoms with Gasteiger partial charge in [-0.1, -0.05) is 30.3 Å². The van der Waals surface area contributed by atoms with Gasteiger partial charge >= 0.3 is 0 Å². The van der Waals surface area contributed by atoms with Crippen molar-refractivity contribution in [1.29, 1.82) is 0 Å². The molecule has 1 atom stereocenters. The van der Waals surface area contributed by atoms with Crippen LogP contribution in [-0.2, 0) is 11.2 Å². The number of benzene rings is 2. The van der Waals surface area contributed by atoms with Gasteiger partial charge in [-0.15, -0.1) is 0 Å². The maximum Gasteiger partial charge on any atom is 0.220 e. The number of phenols is 1. The van der Waals surface area contributed by atoms with Crippen LogP contribution >= 0.6 is 0 Å². The molecule has 0 unspecified atom stereocenters. The molecule has 0 fully saturated rings. The molecule has 3 aromatic rings. The van der Waals surface area contributed by atoms with E-state index in [1.54, 1.807) is 19.1 Å². The number of hydrogen-bond acceptors (Lipinski definition) is 2. The molecule has 2 N–H and O–H groups in total. The van der Waals surface area contributed by atoms with Gasteiger partial charge in [-0.2, -0.15) is 0 Å². The minimum Gasteiger partial charge on any atom is -0.508 e. The quantitative estimate of drug-likeness (QED) is 0.724. The van der Waals surface area contributed by atoms with E-state index in [-0.39, 0.29) is 17.7 Å². The topological polar surface area (TPSA) is 56.3 Å². The molecule has 4 rings (SSSR count). The van der Waals surface area contributed by atoms with E-state index in [0.29, 0.717) is 6.54 Å². The third kappa shape index (κ3) is 2.18. The van der Waals surface area contributed by atoms with E-state index in [1.807, 2.05) is 29.2 Å². The summed E-state index contributed by atoms with van der Waals surface area (Å²) in [5.41, 5.74) is 4.34. The molecular formula is C19H18N2O2. The van der Waals surface area contributed by atoms with Crippen LogP contribution < -0.4 is 0 Å². The fourth-order valence-corrected chi connectivity index (χ4v) is 3.62. The number of hydrogen-bond donors (Lipinski definition) is 2. The molecule has 4 nitrogen and oxygen atoms in total. The lowest BCUT2D eigenvalue weighted by Gasteiger charge is -2.35. The number of fused-ring (bicyclic) bond motifs is 3. The van der Waals surface area contributed by atoms with Gasteiger partial charge in [-0.3, -0.25) is 4.79 Å². The minimum absolute atomic E-state index is 0.0441. The van der Waals surface area contributed by atoms with E-state index < -0.39 is 0 Å². The third-order valence-electron chi connectivity index (χ3n) is 4.62. The molecule has 0 radical (unpaired) electrons. The van der Waals surface area contributed by atoms with E-state index in [2.05, 4.69) is 17.1 Å². The van der Waals surface area contributed by atoms with Gasteiger partial charge in [-0.25, -0.2) is 0 Å². The molecule has 0 saturated heterocycles. The maximum absolute atomic E-state index is 12.1. The van der Waals surface area contributed by atoms with Crippen molar-refractivity contribution in [3.05, 3.63) is 65.4 Å². The smallest absolute Gasteiger partial charge is 0.220 e. The number of para-hydroxylation sites is 1. The molecule has 0 bridgehead atoms. The Labute approximate surface area is 134 Å². The van der Waals surface area contributed by atoms with Gasteiger partial charge in [-0.05, 0) is 35.7 Å². The van der Waals surface area contributed by atoms with E-state index in [0.717, 1.165) is 23.2 Å². The zero-order valence-electron chi connectivity index (χ0n) is 12.9. The first-order valence-corrected chi connectivity index (χ1v) is 7.81. The molecule has 1 aliphatic heterocycles. The van der Waals surface area contributed by atoms with E-state index in [1.165, 1.54) is 10.9 Å². The summed E-state index contributed by atoms with van der Waals surface area (Å²) in [6, 6.07) is 15.2. The molecule has 0 saturated carbocycles. The van der Waals surface area contributed by atoms with Crippen molar-refractivity contribution < 1.29 is 9.90 Å². The van der Waals surface area contributed by atoms with E-state index in [9.17, 15) is 9.90 Å². The van der Waals surface area contributed by atoms with Crippen LogP contribution in [0.1, 0.15) is 29.8 Å². The number of aromatic nitrogens is 1. The summed E-state index contributed by atoms with van der Waals surface area (Å²) in [4.78, 5) is 17.5. The van der Waals surface area contributed by atoms with Crippen molar-refractivity contribution in [3.63, 3.8) is 0 Å². The number of carbonyl (C=O) groups is 1. The fourth-order valence-electron chi connectivity index (χ4n) is 3.62. The highest BCUT2D eigenvalue weighted by Gasteiger charge is 2.33. The maximum atomic E-state index is 12.1. The highest BCUT2D eigenvalue weighted by atomic mass is 16.3. The summed E-state index contributed by atoms with van der Waals surface area (Å²) in [5.74, 6) is 0.261. The first kappa shape index (κ1) is 13.9. The van der Waals surface area contributed by atoms with Crippen LogP contribution in [0, 0.1) is 0 Å². The molecule has 116 valence electrons. The Bertz CT molecular complexity index is 897. The van der Waals surface area contributed by atoms with Crippen molar-refractivity contribution >= 4 is 16.8 Å². The predicted molar refractivity (Wildman–Crippen MR) is 89.3 cm³/mol. The van der Waals surface area contributed by atoms with Gasteiger partial charge < -0.3 is 15.0 Å². The van der Waals surface area contributed by atoms with Gasteiger partial charge in [0.2, 0.25) is 5.91 Å². The predicted octanol–water partition coefficient (Wildman–Crippen LogP) is 3.37. The van der Waals surface area contributed by atoms with E-state index in [4.69, 9.17) is 0 Å². The summed E-state index contributed by atoms with van der Waals surface area (Å²) >= 11 is 0. The number of aromatic amines is 1. The summed E-state index contributed by atoms with van der Waals surface area (Å²) in [6.45, 7) is 2.29. The highest BCUT2D eigenvalue weighted by Crippen LogP contribution is 2.38. The lowest BCUT2D eigenvalue weighted by atomic mass is 9.92. The lowest BCUT2D eigenvalue weighted by Crippen LogP contribution is -2.39. The molecule has 2 heterocycles. The molecule has 1 amide bonds. The number of carbonyl (C=O) groups excluding carboxylic acids is 1. The van der Waals surface area contributed by atoms with Crippen molar-refractivity contribution in [3.8, 4) is 5.75 Å². The number of rotatable bonds is 1. The number of nitrogens with zero attached hydrogens (tertiary/aromatic N) is 1. The monoisotopic (exact) mass is 306 g/mol. The van der Waals surface area contributed by atoms with Crippen LogP contribution in [0.2, 0.25) is 0 Å². The van der Waals surface area contributed by atoms with Crippen LogP contribution in [-0.4, -0.2) is 27.4 Å². The van der Waals surface area contributed by atoms with Crippen molar-refractivity contribution in [1.82, 2.24) is 9.88 Å². The average molecular weight is 306 g/mol. The Morgan fingerprint density at radius 1 is 1.22 bits per heavy atom. The number of amides is 1. The van der Waals surface area contributed by atoms with Gasteiger partial charge in [0.15, 0.2) is 0 Å². The SMILES string of the molecule is CC(=O)N1CCc2c([nH]c3ccccc23)[C@@H]1c1cccc(O)c1. The normalized spacial score (nSPS) is 17.3. The van der Waals surface area contributed by atoms with Gasteiger partial charge in [0.25, 0.3) is 0 Å². The summed E-state index contributed by atoms with van der Waals surface area (Å²) in [5, 5.41) is 11.1. The van der Waals surface area contributed by atoms with Crippen molar-refractivity contribution in [2.45, 2.75) is 19.4 Å². The second-order valence-electron chi connectivity index (χ2n) is 6.02. The Kier molecular flexibility index (Phi) is 3.11. The standard InChI is InChI=1S/C19H18N2O2/c1-12(22)21-10-9-16-15-7-2-3-8-17(15)20-18(16)19(21)13-5-4-6-14(23)11-13/h2-8,11,19-20,23H,9-10H2,1H3/t19-/m0/s1. The van der Waals surface area contributed by atoms with Crippen LogP contribution in [0.4, 0.5) is 0 Å². The average Bonchev–Trinajstić information content (AvgIpc) is 2.92. The lowest BCUT2D eigenvalue weighted by molar-refractivity contribution is -0.130. The number of nitrogens with one attached hydrogen (secondary N) is 1. The Morgan fingerprint density at radius 3 is 2.83 bits per heavy atom. The Balaban J connectivity index is 1.95. The molecular weight excluding hydrogens is 288 g/mol. The van der Waals surface area contributed by atoms with Crippen LogP contribution in [0.3, 0.4) is 0 Å². The second-order valence-corrected chi connectivity index (χ2v) is 6.02. The van der Waals surface area contributed by atoms with Crippen LogP contribution in [0.25, 0.3) is 10.9 Å². The first-order chi connectivity index (χ1) is 11.1. The van der Waals surface area contributed by atoms with Gasteiger partial charge in [0, 0.05) is 30.1 Å². The Morgan fingerprint density at radius 2 is 2.04 bits per heavy atom. The molecule has 1 aromatic heterocycles. The molecule has 23 heavy (non-hydrogen) atoms. The third-order valence-corrected chi connectivity index (χ3v) is 4.62. The summed E-state index contributed by atoms with van der Waals surface area (Å²) in [7, 11) is 0. The zero-order chi connectivity index (χ0) is 16.0. The summed E-state index contributed by atoms with van der Waals surface area (Å²) in [6.07, 6.45) is 0.842. The van der Waals surface area contributed by atoms with Crippen molar-refractivity contribution in [2.75, 3.05) is 6.54 Å². The number of phenolic OH excluding ortho intramolecular Hbond substituents is 1. The number of aromatic hydroxyl groups is 1. The van der Waals surface area contributed by atoms with Crippen LogP contribution in [0.15, 0.2) is 48.5 Å². The largest absolute Gasteiger partial charge is 0.508 e. The molecule has 2 aromatic carbocycles. The number of H-pyrrole nitrogens is 1. The molecule has 4 heteroatoms. The van der Waals surface area contributed by atoms with Gasteiger partial charge in [0.05, 0.1) is 6.04 Å². The van der Waals surface area contributed by atoms with Gasteiger partial charge in [0.1, 0.15) is 5.75 Å². The second kappa shape index (κ2) is 5.16. The highest BCUT2D eigenvalue weighted by molar-refractivity contribution is 5.86. The molecule has 1 aliphatic rings. The zero-order valence-corrected chi connectivity index (χ0v) is 12.9. The summed E-state index contributed by atoms with van der Waals surface area (Å²) < 4.78 is 0. The fraction of sp³-hybridized carbons (Fsp3) is 0.211. The van der Waals surface area contributed by atoms with Crippen molar-refractivity contribution in [2.24, 2.45) is 0 Å². The van der Waals surface area contributed by atoms with E-state index >= 15 is 0 Å².